The maximum atomic E-state index is 11.9. The summed E-state index contributed by atoms with van der Waals surface area (Å²) in [7, 11) is 0. The number of carbonyl (C=O) groups excluding carboxylic acids is 2. The number of hydrogen-bond acceptors (Lipinski definition) is 5. The maximum absolute atomic E-state index is 11.9. The third-order valence-corrected chi connectivity index (χ3v) is 3.16. The van der Waals surface area contributed by atoms with Crippen LogP contribution in [0.2, 0.25) is 0 Å². The van der Waals surface area contributed by atoms with Crippen molar-refractivity contribution >= 4 is 17.5 Å². The summed E-state index contributed by atoms with van der Waals surface area (Å²) in [5.74, 6) is 0.000314. The fourth-order valence-electron chi connectivity index (χ4n) is 1.99. The van der Waals surface area contributed by atoms with E-state index in [2.05, 4.69) is 25.8 Å². The number of pyridine rings is 1. The Morgan fingerprint density at radius 2 is 1.75 bits per heavy atom. The molecule has 0 fully saturated rings. The van der Waals surface area contributed by atoms with Crippen molar-refractivity contribution in [1.29, 1.82) is 0 Å². The van der Waals surface area contributed by atoms with Gasteiger partial charge in [0.05, 0.1) is 18.4 Å². The molecule has 0 spiro atoms. The van der Waals surface area contributed by atoms with E-state index < -0.39 is 0 Å². The molecule has 0 saturated heterocycles. The molecule has 24 heavy (non-hydrogen) atoms. The minimum absolute atomic E-state index is 0.124. The molecule has 8 heteroatoms. The maximum Gasteiger partial charge on any atom is 0.251 e. The van der Waals surface area contributed by atoms with Crippen molar-refractivity contribution in [3.63, 3.8) is 0 Å². The number of carbonyl (C=O) groups is 2. The van der Waals surface area contributed by atoms with Gasteiger partial charge in [-0.1, -0.05) is 18.2 Å². The van der Waals surface area contributed by atoms with Crippen molar-refractivity contribution < 1.29 is 9.59 Å². The number of rotatable bonds is 5. The number of anilines is 1. The number of nitrogens with zero attached hydrogens (tertiary/aromatic N) is 4. The Morgan fingerprint density at radius 3 is 2.42 bits per heavy atom. The first-order chi connectivity index (χ1) is 11.7. The lowest BCUT2D eigenvalue weighted by Gasteiger charge is -2.07. The summed E-state index contributed by atoms with van der Waals surface area (Å²) in [6.45, 7) is -0.124. The van der Waals surface area contributed by atoms with Gasteiger partial charge in [0, 0.05) is 5.56 Å². The quantitative estimate of drug-likeness (QED) is 0.730. The second-order valence-corrected chi connectivity index (χ2v) is 4.87. The number of nitrogens with one attached hydrogen (secondary N) is 2. The van der Waals surface area contributed by atoms with Gasteiger partial charge in [0.25, 0.3) is 5.91 Å². The first-order valence-corrected chi connectivity index (χ1v) is 7.16. The number of aromatic nitrogens is 4. The number of benzene rings is 1. The Balaban J connectivity index is 1.52. The Labute approximate surface area is 137 Å². The molecule has 0 radical (unpaired) electrons. The largest absolute Gasteiger partial charge is 0.343 e. The molecule has 0 aliphatic carbocycles. The van der Waals surface area contributed by atoms with E-state index in [1.807, 2.05) is 6.07 Å². The van der Waals surface area contributed by atoms with Gasteiger partial charge in [-0.25, -0.2) is 4.98 Å². The summed E-state index contributed by atoms with van der Waals surface area (Å²) < 4.78 is 1.64. The molecule has 0 atom stereocenters. The van der Waals surface area contributed by atoms with E-state index >= 15 is 0 Å². The molecule has 2 N–H and O–H groups in total. The molecule has 0 aliphatic rings. The predicted octanol–water partition coefficient (Wildman–Crippen LogP) is 1.03. The van der Waals surface area contributed by atoms with Crippen molar-refractivity contribution in [2.24, 2.45) is 0 Å². The Hall–Kier alpha value is -3.55. The first kappa shape index (κ1) is 15.3. The minimum Gasteiger partial charge on any atom is -0.343 e. The zero-order chi connectivity index (χ0) is 16.8. The molecular weight excluding hydrogens is 308 g/mol. The van der Waals surface area contributed by atoms with Gasteiger partial charge < -0.3 is 10.6 Å². The van der Waals surface area contributed by atoms with Crippen LogP contribution in [-0.4, -0.2) is 38.1 Å². The molecule has 0 bridgehead atoms. The second kappa shape index (κ2) is 7.14. The third-order valence-electron chi connectivity index (χ3n) is 3.16. The van der Waals surface area contributed by atoms with Crippen LogP contribution in [0.4, 0.5) is 5.69 Å². The van der Waals surface area contributed by atoms with Gasteiger partial charge in [0.2, 0.25) is 5.91 Å². The highest BCUT2D eigenvalue weighted by atomic mass is 16.2. The summed E-state index contributed by atoms with van der Waals surface area (Å²) >= 11 is 0. The van der Waals surface area contributed by atoms with Crippen LogP contribution in [0.3, 0.4) is 0 Å². The fraction of sp³-hybridized carbons (Fsp3) is 0.0625. The minimum atomic E-state index is -0.335. The predicted molar refractivity (Wildman–Crippen MR) is 86.6 cm³/mol. The molecule has 8 nitrogen and oxygen atoms in total. The van der Waals surface area contributed by atoms with Crippen LogP contribution >= 0.6 is 0 Å². The standard InChI is InChI=1S/C16H14N6O2/c23-15(9-18-16(24)12-4-2-1-3-5-12)21-13-6-7-14(17-8-13)22-10-19-20-11-22/h1-8,10-11H,9H2,(H,18,24)(H,21,23). The molecule has 0 aliphatic heterocycles. The molecule has 0 unspecified atom stereocenters. The molecule has 1 aromatic carbocycles. The Morgan fingerprint density at radius 1 is 1.00 bits per heavy atom. The van der Waals surface area contributed by atoms with Crippen LogP contribution in [0.1, 0.15) is 10.4 Å². The zero-order valence-corrected chi connectivity index (χ0v) is 12.6. The van der Waals surface area contributed by atoms with Crippen LogP contribution < -0.4 is 10.6 Å². The van der Waals surface area contributed by atoms with Gasteiger partial charge in [-0.3, -0.25) is 14.2 Å². The van der Waals surface area contributed by atoms with Crippen molar-refractivity contribution in [3.8, 4) is 5.82 Å². The normalized spacial score (nSPS) is 10.2. The van der Waals surface area contributed by atoms with Crippen LogP contribution in [0.15, 0.2) is 61.3 Å². The summed E-state index contributed by atoms with van der Waals surface area (Å²) in [4.78, 5) is 27.9. The van der Waals surface area contributed by atoms with Crippen molar-refractivity contribution in [3.05, 3.63) is 66.9 Å². The van der Waals surface area contributed by atoms with Gasteiger partial charge in [-0.15, -0.1) is 10.2 Å². The summed E-state index contributed by atoms with van der Waals surface area (Å²) in [5.41, 5.74) is 1.04. The fourth-order valence-corrected chi connectivity index (χ4v) is 1.99. The molecule has 2 amide bonds. The topological polar surface area (TPSA) is 102 Å². The van der Waals surface area contributed by atoms with Gasteiger partial charge in [-0.05, 0) is 24.3 Å². The summed E-state index contributed by atoms with van der Waals surface area (Å²) in [6.07, 6.45) is 4.58. The monoisotopic (exact) mass is 322 g/mol. The average molecular weight is 322 g/mol. The SMILES string of the molecule is O=C(CNC(=O)c1ccccc1)Nc1ccc(-n2cnnc2)nc1. The van der Waals surface area contributed by atoms with Crippen LogP contribution in [0, 0.1) is 0 Å². The van der Waals surface area contributed by atoms with Gasteiger partial charge in [0.1, 0.15) is 18.5 Å². The molecule has 3 rings (SSSR count). The lowest BCUT2D eigenvalue weighted by molar-refractivity contribution is -0.115. The Bertz CT molecular complexity index is 816. The highest BCUT2D eigenvalue weighted by Gasteiger charge is 2.08. The van der Waals surface area contributed by atoms with Crippen LogP contribution in [-0.2, 0) is 4.79 Å². The summed E-state index contributed by atoms with van der Waals surface area (Å²) in [5, 5.41) is 12.6. The van der Waals surface area contributed by atoms with E-state index in [1.54, 1.807) is 41.0 Å². The summed E-state index contributed by atoms with van der Waals surface area (Å²) in [6, 6.07) is 12.1. The van der Waals surface area contributed by atoms with E-state index in [0.717, 1.165) is 0 Å². The third kappa shape index (κ3) is 3.80. The molecule has 2 aromatic heterocycles. The number of amides is 2. The zero-order valence-electron chi connectivity index (χ0n) is 12.6. The van der Waals surface area contributed by atoms with E-state index in [0.29, 0.717) is 17.1 Å². The molecule has 0 saturated carbocycles. The lowest BCUT2D eigenvalue weighted by atomic mass is 10.2. The van der Waals surface area contributed by atoms with Crippen LogP contribution in [0.5, 0.6) is 0 Å². The van der Waals surface area contributed by atoms with E-state index in [1.165, 1.54) is 18.9 Å². The van der Waals surface area contributed by atoms with E-state index in [-0.39, 0.29) is 18.4 Å². The molecule has 2 heterocycles. The van der Waals surface area contributed by atoms with Gasteiger partial charge in [0.15, 0.2) is 0 Å². The first-order valence-electron chi connectivity index (χ1n) is 7.16. The van der Waals surface area contributed by atoms with Gasteiger partial charge >= 0.3 is 0 Å². The van der Waals surface area contributed by atoms with Crippen molar-refractivity contribution in [2.75, 3.05) is 11.9 Å². The average Bonchev–Trinajstić information content (AvgIpc) is 3.16. The van der Waals surface area contributed by atoms with E-state index in [9.17, 15) is 9.59 Å². The number of hydrogen-bond donors (Lipinski definition) is 2. The second-order valence-electron chi connectivity index (χ2n) is 4.87. The van der Waals surface area contributed by atoms with Crippen molar-refractivity contribution in [2.45, 2.75) is 0 Å². The smallest absolute Gasteiger partial charge is 0.251 e. The van der Waals surface area contributed by atoms with Crippen LogP contribution in [0.25, 0.3) is 5.82 Å². The van der Waals surface area contributed by atoms with Crippen molar-refractivity contribution in [1.82, 2.24) is 25.1 Å². The van der Waals surface area contributed by atoms with Gasteiger partial charge in [-0.2, -0.15) is 0 Å². The highest BCUT2D eigenvalue weighted by Crippen LogP contribution is 2.08. The molecular formula is C16H14N6O2. The molecule has 3 aromatic rings. The highest BCUT2D eigenvalue weighted by molar-refractivity contribution is 5.99. The Kier molecular flexibility index (Phi) is 4.57. The lowest BCUT2D eigenvalue weighted by Crippen LogP contribution is -2.32. The van der Waals surface area contributed by atoms with E-state index in [4.69, 9.17) is 0 Å². The molecule has 120 valence electrons.